The average molecular weight is 380 g/mol. The Morgan fingerprint density at radius 2 is 1.41 bits per heavy atom. The van der Waals surface area contributed by atoms with Gasteiger partial charge < -0.3 is 5.11 Å². The third kappa shape index (κ3) is 4.53. The van der Waals surface area contributed by atoms with E-state index in [4.69, 9.17) is 9.90 Å². The average Bonchev–Trinajstić information content (AvgIpc) is 2.57. The minimum atomic E-state index is -0.250. The second-order valence-electron chi connectivity index (χ2n) is 3.99. The Morgan fingerprint density at radius 1 is 0.864 bits per heavy atom. The van der Waals surface area contributed by atoms with E-state index in [-0.39, 0.29) is 26.0 Å². The van der Waals surface area contributed by atoms with Gasteiger partial charge in [-0.25, -0.2) is 0 Å². The molecule has 0 fully saturated rings. The Kier molecular flexibility index (Phi) is 7.58. The Balaban J connectivity index is 0.000000562. The zero-order valence-electron chi connectivity index (χ0n) is 11.5. The molecule has 0 saturated carbocycles. The molecule has 22 heavy (non-hydrogen) atoms. The first kappa shape index (κ1) is 17.6. The van der Waals surface area contributed by atoms with Crippen LogP contribution in [0.4, 0.5) is 0 Å². The molecule has 0 amide bonds. The van der Waals surface area contributed by atoms with E-state index in [1.807, 2.05) is 48.8 Å². The minimum Gasteiger partial charge on any atom is -0.483 e. The number of pyridine rings is 3. The summed E-state index contributed by atoms with van der Waals surface area (Å²) < 4.78 is 0. The molecule has 0 atom stereocenters. The number of aromatic nitrogens is 3. The summed E-state index contributed by atoms with van der Waals surface area (Å²) in [5.74, 6) is 0. The van der Waals surface area contributed by atoms with E-state index >= 15 is 0 Å². The summed E-state index contributed by atoms with van der Waals surface area (Å²) >= 11 is 0. The molecule has 1 N–H and O–H groups in total. The molecule has 6 heteroatoms. The molecule has 3 aromatic rings. The Hall–Kier alpha value is -2.46. The van der Waals surface area contributed by atoms with Gasteiger partial charge in [0.15, 0.2) is 0 Å². The van der Waals surface area contributed by atoms with E-state index in [0.717, 1.165) is 22.4 Å². The van der Waals surface area contributed by atoms with Crippen LogP contribution < -0.4 is 0 Å². The van der Waals surface area contributed by atoms with Crippen LogP contribution in [0.1, 0.15) is 0 Å². The van der Waals surface area contributed by atoms with E-state index in [9.17, 15) is 0 Å². The quantitative estimate of drug-likeness (QED) is 0.547. The van der Waals surface area contributed by atoms with E-state index < -0.39 is 0 Å². The van der Waals surface area contributed by atoms with Crippen LogP contribution in [0.5, 0.6) is 0 Å². The third-order valence-corrected chi connectivity index (χ3v) is 2.72. The second-order valence-corrected chi connectivity index (χ2v) is 3.99. The van der Waals surface area contributed by atoms with Crippen LogP contribution in [0.15, 0.2) is 67.4 Å². The summed E-state index contributed by atoms with van der Waals surface area (Å²) in [5, 5.41) is 6.89. The van der Waals surface area contributed by atoms with Crippen molar-refractivity contribution in [2.24, 2.45) is 0 Å². The molecular weight excluding hydrogens is 367 g/mol. The van der Waals surface area contributed by atoms with Crippen LogP contribution in [0, 0.1) is 0 Å². The molecule has 3 rings (SSSR count). The maximum atomic E-state index is 8.36. The van der Waals surface area contributed by atoms with Gasteiger partial charge in [-0.1, -0.05) is 12.1 Å². The summed E-state index contributed by atoms with van der Waals surface area (Å²) in [4.78, 5) is 21.1. The van der Waals surface area contributed by atoms with Gasteiger partial charge in [0.05, 0.1) is 5.69 Å². The topological polar surface area (TPSA) is 76.0 Å². The Morgan fingerprint density at radius 3 is 1.95 bits per heavy atom. The summed E-state index contributed by atoms with van der Waals surface area (Å²) in [7, 11) is 0. The minimum absolute atomic E-state index is 0. The summed E-state index contributed by atoms with van der Waals surface area (Å²) in [5.41, 5.74) is 4.07. The molecule has 0 aromatic carbocycles. The molecule has 0 radical (unpaired) electrons. The number of hydrogen-bond donors (Lipinski definition) is 1. The molecule has 3 heterocycles. The summed E-state index contributed by atoms with van der Waals surface area (Å²) in [6.07, 6.45) is 8.99. The fourth-order valence-electron chi connectivity index (χ4n) is 1.89. The standard InChI is InChI=1S/C15H11N3.CH2O2.Ru/c1-4-12(10-16-7-1)14-6-3-9-18-15(14)13-5-2-8-17-11-13;2-1-3;/h1-11H;1H,(H,2,3);. The van der Waals surface area contributed by atoms with Crippen LogP contribution in [0.2, 0.25) is 0 Å². The monoisotopic (exact) mass is 381 g/mol. The fourth-order valence-corrected chi connectivity index (χ4v) is 1.89. The van der Waals surface area contributed by atoms with Gasteiger partial charge in [0.25, 0.3) is 6.47 Å². The van der Waals surface area contributed by atoms with E-state index in [1.165, 1.54) is 0 Å². The Bertz CT molecular complexity index is 636. The zero-order valence-corrected chi connectivity index (χ0v) is 13.2. The first-order valence-electron chi connectivity index (χ1n) is 6.20. The summed E-state index contributed by atoms with van der Waals surface area (Å²) in [6, 6.07) is 11.9. The van der Waals surface area contributed by atoms with Crippen LogP contribution in [0.25, 0.3) is 22.4 Å². The predicted molar refractivity (Wildman–Crippen MR) is 79.4 cm³/mol. The van der Waals surface area contributed by atoms with Crippen molar-refractivity contribution in [3.05, 3.63) is 67.4 Å². The van der Waals surface area contributed by atoms with Gasteiger partial charge in [0.1, 0.15) is 0 Å². The van der Waals surface area contributed by atoms with E-state index in [2.05, 4.69) is 15.0 Å². The van der Waals surface area contributed by atoms with Crippen molar-refractivity contribution in [3.63, 3.8) is 0 Å². The molecule has 0 aliphatic heterocycles. The van der Waals surface area contributed by atoms with Gasteiger partial charge in [0, 0.05) is 67.2 Å². The fraction of sp³-hybridized carbons (Fsp3) is 0. The number of carboxylic acid groups (broad SMARTS) is 1. The molecule has 5 nitrogen and oxygen atoms in total. The molecular formula is C16H13N3O2Ru. The number of nitrogens with zero attached hydrogens (tertiary/aromatic N) is 3. The van der Waals surface area contributed by atoms with Gasteiger partial charge in [-0.15, -0.1) is 0 Å². The van der Waals surface area contributed by atoms with Crippen molar-refractivity contribution in [1.82, 2.24) is 15.0 Å². The van der Waals surface area contributed by atoms with Crippen LogP contribution in [0.3, 0.4) is 0 Å². The van der Waals surface area contributed by atoms with E-state index in [1.54, 1.807) is 18.6 Å². The third-order valence-electron chi connectivity index (χ3n) is 2.72. The van der Waals surface area contributed by atoms with Crippen molar-refractivity contribution in [1.29, 1.82) is 0 Å². The second kappa shape index (κ2) is 9.47. The van der Waals surface area contributed by atoms with Crippen molar-refractivity contribution < 1.29 is 29.4 Å². The SMILES string of the molecule is O=CO.[Ru].c1cncc(-c2cccnc2-c2cccnc2)c1. The molecule has 3 aromatic heterocycles. The van der Waals surface area contributed by atoms with Crippen molar-refractivity contribution in [2.45, 2.75) is 0 Å². The van der Waals surface area contributed by atoms with Crippen LogP contribution >= 0.6 is 0 Å². The van der Waals surface area contributed by atoms with Gasteiger partial charge >= 0.3 is 0 Å². The number of carbonyl (C=O) groups is 1. The van der Waals surface area contributed by atoms with Gasteiger partial charge in [-0.2, -0.15) is 0 Å². The molecule has 0 unspecified atom stereocenters. The number of hydrogen-bond acceptors (Lipinski definition) is 4. The molecule has 0 bridgehead atoms. The van der Waals surface area contributed by atoms with Crippen molar-refractivity contribution >= 4 is 6.47 Å². The molecule has 0 spiro atoms. The maximum Gasteiger partial charge on any atom is 0.290 e. The zero-order chi connectivity index (χ0) is 14.9. The summed E-state index contributed by atoms with van der Waals surface area (Å²) in [6.45, 7) is -0.250. The first-order chi connectivity index (χ1) is 10.4. The largest absolute Gasteiger partial charge is 0.483 e. The first-order valence-corrected chi connectivity index (χ1v) is 6.20. The van der Waals surface area contributed by atoms with Gasteiger partial charge in [0.2, 0.25) is 0 Å². The van der Waals surface area contributed by atoms with E-state index in [0.29, 0.717) is 0 Å². The van der Waals surface area contributed by atoms with Gasteiger partial charge in [-0.3, -0.25) is 19.7 Å². The Labute approximate surface area is 140 Å². The predicted octanol–water partition coefficient (Wildman–Crippen LogP) is 2.90. The molecule has 0 aliphatic rings. The normalized spacial score (nSPS) is 8.91. The van der Waals surface area contributed by atoms with Crippen LogP contribution in [-0.2, 0) is 24.3 Å². The molecule has 0 saturated heterocycles. The van der Waals surface area contributed by atoms with Crippen molar-refractivity contribution in [3.8, 4) is 22.4 Å². The van der Waals surface area contributed by atoms with Crippen molar-refractivity contribution in [2.75, 3.05) is 0 Å². The number of rotatable bonds is 2. The maximum absolute atomic E-state index is 8.36. The molecule has 0 aliphatic carbocycles. The molecule has 112 valence electrons. The smallest absolute Gasteiger partial charge is 0.290 e. The van der Waals surface area contributed by atoms with Crippen LogP contribution in [-0.4, -0.2) is 26.5 Å². The van der Waals surface area contributed by atoms with Gasteiger partial charge in [-0.05, 0) is 24.3 Å².